The summed E-state index contributed by atoms with van der Waals surface area (Å²) >= 11 is 0. The van der Waals surface area contributed by atoms with Crippen molar-refractivity contribution >= 4 is 40.1 Å². The normalized spacial score (nSPS) is 11.2. The largest absolute Gasteiger partial charge is 0.497 e. The number of benzene rings is 3. The lowest BCUT2D eigenvalue weighted by atomic mass is 10.2. The lowest BCUT2D eigenvalue weighted by Gasteiger charge is -2.07. The van der Waals surface area contributed by atoms with E-state index in [-0.39, 0.29) is 17.3 Å². The number of nitrogens with two attached hydrogens (primary N) is 1. The van der Waals surface area contributed by atoms with E-state index < -0.39 is 0 Å². The standard InChI is InChI=1S/C28H26N6O4/c1-36-19-11-8-17(9-12-19)15-30-28(35)24-25-27(33-21-7-5-4-6-20(21)32-25)34(26(24)29)31-16-18-10-13-22(37-2)23(14-18)38-3/h4-14,16H,15,29H2,1-3H3,(H,30,35)/b31-16+. The van der Waals surface area contributed by atoms with Gasteiger partial charge in [-0.05, 0) is 53.6 Å². The number of nitrogen functional groups attached to an aromatic ring is 1. The Morgan fingerprint density at radius 3 is 2.34 bits per heavy atom. The van der Waals surface area contributed by atoms with Gasteiger partial charge in [0.15, 0.2) is 17.1 Å². The van der Waals surface area contributed by atoms with Crippen molar-refractivity contribution in [3.05, 3.63) is 83.4 Å². The number of carbonyl (C=O) groups excluding carboxylic acids is 1. The third kappa shape index (κ3) is 4.66. The highest BCUT2D eigenvalue weighted by molar-refractivity contribution is 6.10. The highest BCUT2D eigenvalue weighted by Gasteiger charge is 2.24. The fourth-order valence-corrected chi connectivity index (χ4v) is 4.06. The fraction of sp³-hybridized carbons (Fsp3) is 0.143. The molecular weight excluding hydrogens is 484 g/mol. The number of methoxy groups -OCH3 is 3. The van der Waals surface area contributed by atoms with Crippen LogP contribution in [-0.4, -0.2) is 48.1 Å². The lowest BCUT2D eigenvalue weighted by molar-refractivity contribution is 0.0953. The summed E-state index contributed by atoms with van der Waals surface area (Å²) in [7, 11) is 4.74. The van der Waals surface area contributed by atoms with Gasteiger partial charge in [-0.2, -0.15) is 9.78 Å². The van der Waals surface area contributed by atoms with Crippen LogP contribution in [0.5, 0.6) is 17.2 Å². The van der Waals surface area contributed by atoms with Crippen molar-refractivity contribution in [3.8, 4) is 17.2 Å². The summed E-state index contributed by atoms with van der Waals surface area (Å²) in [6.45, 7) is 0.296. The van der Waals surface area contributed by atoms with Crippen LogP contribution in [0.4, 0.5) is 5.82 Å². The summed E-state index contributed by atoms with van der Waals surface area (Å²) in [4.78, 5) is 22.8. The number of anilines is 1. The van der Waals surface area contributed by atoms with Crippen molar-refractivity contribution in [2.75, 3.05) is 27.1 Å². The van der Waals surface area contributed by atoms with Gasteiger partial charge in [-0.25, -0.2) is 9.97 Å². The first-order chi connectivity index (χ1) is 18.5. The van der Waals surface area contributed by atoms with Gasteiger partial charge in [0.25, 0.3) is 5.91 Å². The molecule has 5 rings (SSSR count). The van der Waals surface area contributed by atoms with Crippen LogP contribution >= 0.6 is 0 Å². The Bertz CT molecular complexity index is 1660. The van der Waals surface area contributed by atoms with E-state index in [4.69, 9.17) is 29.9 Å². The van der Waals surface area contributed by atoms with Gasteiger partial charge in [-0.15, -0.1) is 0 Å². The molecule has 192 valence electrons. The van der Waals surface area contributed by atoms with Crippen molar-refractivity contribution in [1.29, 1.82) is 0 Å². The number of carbonyl (C=O) groups is 1. The third-order valence-electron chi connectivity index (χ3n) is 6.04. The number of rotatable bonds is 8. The van der Waals surface area contributed by atoms with Crippen LogP contribution in [0.15, 0.2) is 71.8 Å². The molecule has 0 spiro atoms. The van der Waals surface area contributed by atoms with E-state index in [9.17, 15) is 4.79 Å². The molecule has 0 bridgehead atoms. The summed E-state index contributed by atoms with van der Waals surface area (Å²) in [6, 6.07) is 20.2. The van der Waals surface area contributed by atoms with E-state index in [1.54, 1.807) is 39.7 Å². The molecule has 0 saturated heterocycles. The zero-order chi connectivity index (χ0) is 26.6. The molecule has 2 aromatic heterocycles. The molecule has 10 nitrogen and oxygen atoms in total. The molecule has 0 aliphatic carbocycles. The van der Waals surface area contributed by atoms with E-state index in [0.717, 1.165) is 16.9 Å². The first-order valence-corrected chi connectivity index (χ1v) is 11.8. The minimum Gasteiger partial charge on any atom is -0.497 e. The van der Waals surface area contributed by atoms with Crippen molar-refractivity contribution in [1.82, 2.24) is 20.0 Å². The summed E-state index contributed by atoms with van der Waals surface area (Å²) in [5, 5.41) is 7.48. The molecule has 0 aliphatic heterocycles. The second-order valence-corrected chi connectivity index (χ2v) is 8.35. The quantitative estimate of drug-likeness (QED) is 0.302. The van der Waals surface area contributed by atoms with E-state index in [1.807, 2.05) is 54.6 Å². The molecule has 3 N–H and O–H groups in total. The Morgan fingerprint density at radius 2 is 1.66 bits per heavy atom. The zero-order valence-corrected chi connectivity index (χ0v) is 21.1. The van der Waals surface area contributed by atoms with Crippen LogP contribution in [0.25, 0.3) is 22.2 Å². The highest BCUT2D eigenvalue weighted by Crippen LogP contribution is 2.29. The Labute approximate surface area is 218 Å². The monoisotopic (exact) mass is 510 g/mol. The predicted molar refractivity (Wildman–Crippen MR) is 146 cm³/mol. The number of fused-ring (bicyclic) bond motifs is 2. The molecule has 0 unspecified atom stereocenters. The Hall–Kier alpha value is -5.12. The topological polar surface area (TPSA) is 126 Å². The molecule has 0 aliphatic rings. The zero-order valence-electron chi connectivity index (χ0n) is 21.1. The Morgan fingerprint density at radius 1 is 0.947 bits per heavy atom. The molecule has 38 heavy (non-hydrogen) atoms. The predicted octanol–water partition coefficient (Wildman–Crippen LogP) is 4.00. The summed E-state index contributed by atoms with van der Waals surface area (Å²) in [5.74, 6) is 1.64. The molecule has 3 aromatic carbocycles. The SMILES string of the molecule is COc1ccc(CNC(=O)c2c(N)n(/N=C/c3ccc(OC)c(OC)c3)c3nc4ccccc4nc23)cc1. The lowest BCUT2D eigenvalue weighted by Crippen LogP contribution is -2.23. The second kappa shape index (κ2) is 10.5. The summed E-state index contributed by atoms with van der Waals surface area (Å²) < 4.78 is 17.3. The Balaban J connectivity index is 1.54. The van der Waals surface area contributed by atoms with Crippen molar-refractivity contribution in [2.24, 2.45) is 5.10 Å². The van der Waals surface area contributed by atoms with E-state index in [2.05, 4.69) is 10.4 Å². The van der Waals surface area contributed by atoms with Crippen LogP contribution in [-0.2, 0) is 6.54 Å². The molecule has 5 aromatic rings. The Kier molecular flexibility index (Phi) is 6.77. The van der Waals surface area contributed by atoms with Crippen molar-refractivity contribution in [3.63, 3.8) is 0 Å². The number of amides is 1. The van der Waals surface area contributed by atoms with Gasteiger partial charge in [-0.3, -0.25) is 4.79 Å². The van der Waals surface area contributed by atoms with Gasteiger partial charge in [0.2, 0.25) is 0 Å². The molecule has 2 heterocycles. The van der Waals surface area contributed by atoms with Gasteiger partial charge >= 0.3 is 0 Å². The van der Waals surface area contributed by atoms with Gasteiger partial charge in [0.05, 0.1) is 38.6 Å². The second-order valence-electron chi connectivity index (χ2n) is 8.35. The van der Waals surface area contributed by atoms with E-state index in [1.165, 1.54) is 4.68 Å². The third-order valence-corrected chi connectivity index (χ3v) is 6.04. The van der Waals surface area contributed by atoms with E-state index >= 15 is 0 Å². The van der Waals surface area contributed by atoms with Crippen LogP contribution in [0, 0.1) is 0 Å². The number of hydrogen-bond donors (Lipinski definition) is 2. The number of hydrogen-bond acceptors (Lipinski definition) is 8. The first kappa shape index (κ1) is 24.6. The number of aromatic nitrogens is 3. The summed E-state index contributed by atoms with van der Waals surface area (Å²) in [6.07, 6.45) is 1.60. The van der Waals surface area contributed by atoms with Crippen LogP contribution in [0.2, 0.25) is 0 Å². The minimum atomic E-state index is -0.382. The number of nitrogens with one attached hydrogen (secondary N) is 1. The smallest absolute Gasteiger partial charge is 0.257 e. The first-order valence-electron chi connectivity index (χ1n) is 11.8. The minimum absolute atomic E-state index is 0.124. The molecular formula is C28H26N6O4. The molecule has 10 heteroatoms. The number of nitrogens with zero attached hydrogens (tertiary/aromatic N) is 4. The maximum atomic E-state index is 13.4. The summed E-state index contributed by atoms with van der Waals surface area (Å²) in [5.41, 5.74) is 10.4. The van der Waals surface area contributed by atoms with Crippen LogP contribution in [0.3, 0.4) is 0 Å². The van der Waals surface area contributed by atoms with Gasteiger partial charge in [0, 0.05) is 6.54 Å². The molecule has 0 atom stereocenters. The maximum Gasteiger partial charge on any atom is 0.257 e. The van der Waals surface area contributed by atoms with Gasteiger partial charge < -0.3 is 25.3 Å². The van der Waals surface area contributed by atoms with Gasteiger partial charge in [-0.1, -0.05) is 24.3 Å². The maximum absolute atomic E-state index is 13.4. The van der Waals surface area contributed by atoms with Crippen molar-refractivity contribution in [2.45, 2.75) is 6.54 Å². The fourth-order valence-electron chi connectivity index (χ4n) is 4.06. The molecule has 0 saturated carbocycles. The molecule has 0 fully saturated rings. The molecule has 0 radical (unpaired) electrons. The number of ether oxygens (including phenoxy) is 3. The van der Waals surface area contributed by atoms with Crippen molar-refractivity contribution < 1.29 is 19.0 Å². The molecule has 1 amide bonds. The number of para-hydroxylation sites is 2. The average Bonchev–Trinajstić information content (AvgIpc) is 3.23. The highest BCUT2D eigenvalue weighted by atomic mass is 16.5. The van der Waals surface area contributed by atoms with E-state index in [0.29, 0.717) is 40.2 Å². The van der Waals surface area contributed by atoms with Crippen LogP contribution in [0.1, 0.15) is 21.5 Å². The van der Waals surface area contributed by atoms with Crippen LogP contribution < -0.4 is 25.3 Å². The van der Waals surface area contributed by atoms with Gasteiger partial charge in [0.1, 0.15) is 22.6 Å². The average molecular weight is 511 g/mol.